The van der Waals surface area contributed by atoms with Crippen LogP contribution in [0.5, 0.6) is 0 Å². The molecule has 3 heterocycles. The molecule has 0 aliphatic carbocycles. The molecule has 3 rings (SSSR count). The van der Waals surface area contributed by atoms with E-state index in [1.54, 1.807) is 17.0 Å². The molecule has 0 unspecified atom stereocenters. The van der Waals surface area contributed by atoms with Crippen LogP contribution in [0.2, 0.25) is 0 Å². The minimum absolute atomic E-state index is 0.00362. The Morgan fingerprint density at radius 2 is 1.89 bits per heavy atom. The van der Waals surface area contributed by atoms with Crippen molar-refractivity contribution in [2.75, 3.05) is 26.2 Å². The Bertz CT molecular complexity index is 858. The summed E-state index contributed by atoms with van der Waals surface area (Å²) in [6.07, 6.45) is 1.49. The number of ketones is 2. The normalized spacial score (nSPS) is 16.4. The summed E-state index contributed by atoms with van der Waals surface area (Å²) in [5, 5.41) is 0. The number of aryl methyl sites for hydroxylation is 1. The largest absolute Gasteiger partial charge is 0.459 e. The summed E-state index contributed by atoms with van der Waals surface area (Å²) in [5.41, 5.74) is 2.59. The van der Waals surface area contributed by atoms with Crippen molar-refractivity contribution in [2.45, 2.75) is 33.7 Å². The molecule has 0 bridgehead atoms. The first-order valence-electron chi connectivity index (χ1n) is 9.23. The number of hydrogen-bond donors (Lipinski definition) is 2. The van der Waals surface area contributed by atoms with Crippen LogP contribution in [0.15, 0.2) is 22.8 Å². The van der Waals surface area contributed by atoms with Gasteiger partial charge in [-0.15, -0.1) is 0 Å². The highest BCUT2D eigenvalue weighted by molar-refractivity contribution is 6.04. The maximum absolute atomic E-state index is 13.0. The predicted octanol–water partition coefficient (Wildman–Crippen LogP) is 1.04. The molecule has 2 aromatic heterocycles. The molecule has 27 heavy (non-hydrogen) atoms. The number of rotatable bonds is 5. The van der Waals surface area contributed by atoms with E-state index in [0.29, 0.717) is 43.2 Å². The minimum Gasteiger partial charge on any atom is -0.459 e. The Morgan fingerprint density at radius 3 is 2.41 bits per heavy atom. The molecule has 1 fully saturated rings. The fraction of sp³-hybridized carbons (Fsp3) is 0.450. The first-order valence-corrected chi connectivity index (χ1v) is 9.23. The van der Waals surface area contributed by atoms with Gasteiger partial charge < -0.3 is 19.2 Å². The molecular formula is C20H26N3O4+. The van der Waals surface area contributed by atoms with Crippen LogP contribution in [0.3, 0.4) is 0 Å². The lowest BCUT2D eigenvalue weighted by molar-refractivity contribution is -0.917. The van der Waals surface area contributed by atoms with Gasteiger partial charge in [-0.1, -0.05) is 0 Å². The average molecular weight is 372 g/mol. The van der Waals surface area contributed by atoms with Crippen molar-refractivity contribution in [1.29, 1.82) is 0 Å². The first-order chi connectivity index (χ1) is 12.8. The molecule has 0 radical (unpaired) electrons. The monoisotopic (exact) mass is 372 g/mol. The van der Waals surface area contributed by atoms with Crippen LogP contribution in [0, 0.1) is 13.8 Å². The Hall–Kier alpha value is -2.67. The van der Waals surface area contributed by atoms with Crippen molar-refractivity contribution in [3.05, 3.63) is 46.7 Å². The number of nitrogens with zero attached hydrogens (tertiary/aromatic N) is 1. The zero-order valence-corrected chi connectivity index (χ0v) is 16.2. The Kier molecular flexibility index (Phi) is 5.32. The number of quaternary nitrogens is 1. The molecule has 7 heteroatoms. The highest BCUT2D eigenvalue weighted by atomic mass is 16.3. The molecule has 1 aliphatic heterocycles. The lowest BCUT2D eigenvalue weighted by Gasteiger charge is -2.34. The molecule has 1 aliphatic rings. The third-order valence-corrected chi connectivity index (χ3v) is 5.47. The van der Waals surface area contributed by atoms with Crippen LogP contribution in [0.4, 0.5) is 0 Å². The van der Waals surface area contributed by atoms with Crippen molar-refractivity contribution in [1.82, 2.24) is 9.88 Å². The number of carbonyl (C=O) groups is 3. The summed E-state index contributed by atoms with van der Waals surface area (Å²) in [7, 11) is 0. The predicted molar refractivity (Wildman–Crippen MR) is 99.4 cm³/mol. The first kappa shape index (κ1) is 19.1. The highest BCUT2D eigenvalue weighted by Crippen LogP contribution is 2.19. The van der Waals surface area contributed by atoms with Crippen LogP contribution in [0.1, 0.15) is 56.5 Å². The Labute approximate surface area is 158 Å². The number of amides is 1. The van der Waals surface area contributed by atoms with Gasteiger partial charge in [-0.05, 0) is 45.4 Å². The molecule has 1 saturated heterocycles. The van der Waals surface area contributed by atoms with Crippen molar-refractivity contribution in [2.24, 2.45) is 0 Å². The second-order valence-electron chi connectivity index (χ2n) is 7.19. The number of nitrogens with one attached hydrogen (secondary N) is 2. The third kappa shape index (κ3) is 3.60. The molecule has 2 N–H and O–H groups in total. The topological polar surface area (TPSA) is 87.8 Å². The van der Waals surface area contributed by atoms with E-state index in [0.717, 1.165) is 16.2 Å². The number of H-pyrrole nitrogens is 1. The number of Topliss-reactive ketones (excluding diaryl/α,β-unsaturated/α-hetero) is 2. The molecule has 0 aromatic carbocycles. The van der Waals surface area contributed by atoms with Gasteiger partial charge in [0.25, 0.3) is 5.91 Å². The minimum atomic E-state index is -0.248. The van der Waals surface area contributed by atoms with Crippen molar-refractivity contribution in [3.8, 4) is 0 Å². The SMILES string of the molecule is CC(=O)c1c(C)[nH]c(C(=O)[C@H](C)[NH+]2CCN(C(=O)c3ccco3)CC2)c1C. The number of aromatic nitrogens is 1. The summed E-state index contributed by atoms with van der Waals surface area (Å²) in [6.45, 7) is 9.59. The van der Waals surface area contributed by atoms with E-state index in [1.807, 2.05) is 20.8 Å². The van der Waals surface area contributed by atoms with Crippen LogP contribution in [-0.2, 0) is 0 Å². The quantitative estimate of drug-likeness (QED) is 0.768. The lowest BCUT2D eigenvalue weighted by atomic mass is 10.0. The molecule has 1 atom stereocenters. The smallest absolute Gasteiger partial charge is 0.289 e. The lowest BCUT2D eigenvalue weighted by Crippen LogP contribution is -3.18. The third-order valence-electron chi connectivity index (χ3n) is 5.47. The molecule has 144 valence electrons. The van der Waals surface area contributed by atoms with Crippen molar-refractivity contribution >= 4 is 17.5 Å². The van der Waals surface area contributed by atoms with Crippen molar-refractivity contribution in [3.63, 3.8) is 0 Å². The number of carbonyl (C=O) groups excluding carboxylic acids is 3. The highest BCUT2D eigenvalue weighted by Gasteiger charge is 2.34. The molecule has 2 aromatic rings. The fourth-order valence-corrected chi connectivity index (χ4v) is 3.91. The summed E-state index contributed by atoms with van der Waals surface area (Å²) >= 11 is 0. The maximum Gasteiger partial charge on any atom is 0.289 e. The number of piperazine rings is 1. The van der Waals surface area contributed by atoms with E-state index in [9.17, 15) is 14.4 Å². The second kappa shape index (κ2) is 7.52. The van der Waals surface area contributed by atoms with E-state index in [-0.39, 0.29) is 23.5 Å². The Morgan fingerprint density at radius 1 is 1.22 bits per heavy atom. The van der Waals surface area contributed by atoms with Crippen molar-refractivity contribution < 1.29 is 23.7 Å². The molecule has 0 saturated carbocycles. The van der Waals surface area contributed by atoms with E-state index >= 15 is 0 Å². The average Bonchev–Trinajstić information content (AvgIpc) is 3.28. The van der Waals surface area contributed by atoms with E-state index in [2.05, 4.69) is 4.98 Å². The maximum atomic E-state index is 13.0. The summed E-state index contributed by atoms with van der Waals surface area (Å²) in [6, 6.07) is 3.12. The Balaban J connectivity index is 1.66. The zero-order chi connectivity index (χ0) is 19.7. The molecule has 0 spiro atoms. The van der Waals surface area contributed by atoms with Crippen LogP contribution in [-0.4, -0.2) is 59.6 Å². The molecular weight excluding hydrogens is 346 g/mol. The van der Waals surface area contributed by atoms with Gasteiger partial charge in [0, 0.05) is 11.3 Å². The fourth-order valence-electron chi connectivity index (χ4n) is 3.91. The van der Waals surface area contributed by atoms with Gasteiger partial charge >= 0.3 is 0 Å². The van der Waals surface area contributed by atoms with Gasteiger partial charge in [0.1, 0.15) is 0 Å². The zero-order valence-electron chi connectivity index (χ0n) is 16.2. The molecule has 1 amide bonds. The van der Waals surface area contributed by atoms with Crippen LogP contribution in [0.25, 0.3) is 0 Å². The number of hydrogen-bond acceptors (Lipinski definition) is 4. The van der Waals surface area contributed by atoms with Crippen LogP contribution < -0.4 is 4.90 Å². The van der Waals surface area contributed by atoms with Gasteiger partial charge in [0.2, 0.25) is 5.78 Å². The van der Waals surface area contributed by atoms with Crippen LogP contribution >= 0.6 is 0 Å². The van der Waals surface area contributed by atoms with E-state index in [4.69, 9.17) is 4.42 Å². The van der Waals surface area contributed by atoms with Gasteiger partial charge in [-0.25, -0.2) is 0 Å². The number of furan rings is 1. The van der Waals surface area contributed by atoms with Gasteiger partial charge in [0.05, 0.1) is 38.1 Å². The second-order valence-corrected chi connectivity index (χ2v) is 7.19. The van der Waals surface area contributed by atoms with Gasteiger partial charge in [0.15, 0.2) is 17.6 Å². The van der Waals surface area contributed by atoms with Gasteiger partial charge in [-0.3, -0.25) is 14.4 Å². The molecule has 7 nitrogen and oxygen atoms in total. The standard InChI is InChI=1S/C20H25N3O4/c1-12-17(15(4)24)13(2)21-18(12)19(25)14(3)22-7-9-23(10-8-22)20(26)16-6-5-11-27-16/h5-6,11,14,21H,7-10H2,1-4H3/p+1/t14-/m0/s1. The summed E-state index contributed by atoms with van der Waals surface area (Å²) < 4.78 is 5.18. The van der Waals surface area contributed by atoms with Gasteiger partial charge in [-0.2, -0.15) is 0 Å². The van der Waals surface area contributed by atoms with E-state index in [1.165, 1.54) is 13.2 Å². The van der Waals surface area contributed by atoms with E-state index < -0.39 is 0 Å². The summed E-state index contributed by atoms with van der Waals surface area (Å²) in [5.74, 6) is 0.200. The summed E-state index contributed by atoms with van der Waals surface area (Å²) in [4.78, 5) is 43.2. The number of aromatic amines is 1.